The zero-order valence-electron chi connectivity index (χ0n) is 9.92. The molecule has 2 rings (SSSR count). The van der Waals surface area contributed by atoms with E-state index in [-0.39, 0.29) is 6.54 Å². The fraction of sp³-hybridized carbons (Fsp3) is 0.231. The molecule has 0 saturated carbocycles. The molecule has 4 nitrogen and oxygen atoms in total. The van der Waals surface area contributed by atoms with E-state index >= 15 is 0 Å². The first kappa shape index (κ1) is 12.5. The zero-order chi connectivity index (χ0) is 12.8. The van der Waals surface area contributed by atoms with E-state index in [4.69, 9.17) is 4.74 Å². The van der Waals surface area contributed by atoms with Crippen LogP contribution in [-0.4, -0.2) is 11.1 Å². The van der Waals surface area contributed by atoms with Gasteiger partial charge in [-0.1, -0.05) is 17.7 Å². The molecule has 0 amide bonds. The smallest absolute Gasteiger partial charge is 0.235 e. The maximum atomic E-state index is 9.98. The molecule has 0 spiro atoms. The summed E-state index contributed by atoms with van der Waals surface area (Å²) in [6, 6.07) is 7.86. The highest BCUT2D eigenvalue weighted by Gasteiger charge is 2.02. The number of ether oxygens (including phenoxy) is 1. The van der Waals surface area contributed by atoms with Gasteiger partial charge in [0.15, 0.2) is 0 Å². The van der Waals surface area contributed by atoms with Crippen LogP contribution in [0.5, 0.6) is 5.75 Å². The summed E-state index contributed by atoms with van der Waals surface area (Å²) < 4.78 is 5.60. The van der Waals surface area contributed by atoms with Crippen LogP contribution >= 0.6 is 11.3 Å². The summed E-state index contributed by atoms with van der Waals surface area (Å²) >= 11 is 1.50. The molecule has 2 aromatic rings. The molecule has 5 heteroatoms. The largest absolute Gasteiger partial charge is 0.486 e. The number of rotatable bonds is 5. The number of hydrogen-bond donors (Lipinski definition) is 0. The molecule has 92 valence electrons. The van der Waals surface area contributed by atoms with Gasteiger partial charge in [0, 0.05) is 5.38 Å². The van der Waals surface area contributed by atoms with E-state index in [1.165, 1.54) is 23.0 Å². The van der Waals surface area contributed by atoms with Crippen LogP contribution in [0, 0.1) is 6.92 Å². The maximum Gasteiger partial charge on any atom is 0.235 e. The van der Waals surface area contributed by atoms with Crippen molar-refractivity contribution in [1.82, 2.24) is 4.98 Å². The van der Waals surface area contributed by atoms with Gasteiger partial charge in [0.25, 0.3) is 0 Å². The lowest BCUT2D eigenvalue weighted by atomic mass is 10.2. The lowest BCUT2D eigenvalue weighted by Gasteiger charge is -2.03. The Morgan fingerprint density at radius 1 is 1.39 bits per heavy atom. The molecule has 0 aliphatic heterocycles. The highest BCUT2D eigenvalue weighted by molar-refractivity contribution is 7.09. The molecule has 0 fully saturated rings. The van der Waals surface area contributed by atoms with Gasteiger partial charge in [0.05, 0.1) is 12.2 Å². The predicted octanol–water partition coefficient (Wildman–Crippen LogP) is 2.87. The Morgan fingerprint density at radius 3 is 2.89 bits per heavy atom. The molecular weight excluding hydrogens is 248 g/mol. The molecule has 0 bridgehead atoms. The topological polar surface area (TPSA) is 51.6 Å². The number of aryl methyl sites for hydroxylation is 1. The van der Waals surface area contributed by atoms with E-state index < -0.39 is 0 Å². The summed E-state index contributed by atoms with van der Waals surface area (Å²) in [5.74, 6) is 0.822. The number of carbonyl (C=O) groups excluding carboxylic acids is 1. The van der Waals surface area contributed by atoms with Gasteiger partial charge in [0.2, 0.25) is 6.08 Å². The van der Waals surface area contributed by atoms with Crippen molar-refractivity contribution in [3.05, 3.63) is 45.9 Å². The number of thiazole rings is 1. The molecule has 0 aliphatic rings. The van der Waals surface area contributed by atoms with Gasteiger partial charge in [-0.3, -0.25) is 0 Å². The van der Waals surface area contributed by atoms with Gasteiger partial charge >= 0.3 is 0 Å². The Hall–Kier alpha value is -1.97. The van der Waals surface area contributed by atoms with Crippen LogP contribution in [0.25, 0.3) is 0 Å². The first-order valence-corrected chi connectivity index (χ1v) is 6.32. The van der Waals surface area contributed by atoms with Gasteiger partial charge in [-0.2, -0.15) is 4.99 Å². The first-order valence-electron chi connectivity index (χ1n) is 5.44. The molecular formula is C13H12N2O2S. The third kappa shape index (κ3) is 3.52. The monoisotopic (exact) mass is 260 g/mol. The van der Waals surface area contributed by atoms with Crippen molar-refractivity contribution in [3.63, 3.8) is 0 Å². The van der Waals surface area contributed by atoms with E-state index in [1.807, 2.05) is 36.6 Å². The van der Waals surface area contributed by atoms with E-state index in [0.717, 1.165) is 16.5 Å². The molecule has 0 N–H and O–H groups in total. The number of aliphatic imine (C=N–C) groups is 1. The standard InChI is InChI=1S/C13H12N2O2S/c1-10-2-4-12(5-3-10)17-7-13-15-11(8-18-13)6-14-9-16/h2-5,8H,6-7H2,1H3. The third-order valence-corrected chi connectivity index (χ3v) is 3.16. The third-order valence-electron chi connectivity index (χ3n) is 2.29. The van der Waals surface area contributed by atoms with Crippen molar-refractivity contribution in [2.75, 3.05) is 0 Å². The van der Waals surface area contributed by atoms with Crippen molar-refractivity contribution in [3.8, 4) is 5.75 Å². The van der Waals surface area contributed by atoms with Gasteiger partial charge < -0.3 is 4.74 Å². The lowest BCUT2D eigenvalue weighted by molar-refractivity contribution is 0.305. The van der Waals surface area contributed by atoms with Crippen molar-refractivity contribution < 1.29 is 9.53 Å². The normalized spacial score (nSPS) is 9.83. The molecule has 0 radical (unpaired) electrons. The van der Waals surface area contributed by atoms with E-state index in [2.05, 4.69) is 9.98 Å². The Balaban J connectivity index is 1.91. The van der Waals surface area contributed by atoms with Crippen LogP contribution in [0.3, 0.4) is 0 Å². The molecule has 0 aliphatic carbocycles. The van der Waals surface area contributed by atoms with E-state index in [0.29, 0.717) is 6.61 Å². The van der Waals surface area contributed by atoms with Crippen LogP contribution in [0.1, 0.15) is 16.3 Å². The fourth-order valence-electron chi connectivity index (χ4n) is 1.38. The molecule has 0 atom stereocenters. The summed E-state index contributed by atoms with van der Waals surface area (Å²) in [6.07, 6.45) is 1.50. The second-order valence-corrected chi connectivity index (χ2v) is 4.68. The second kappa shape index (κ2) is 6.10. The van der Waals surface area contributed by atoms with Gasteiger partial charge in [-0.15, -0.1) is 11.3 Å². The van der Waals surface area contributed by atoms with E-state index in [1.54, 1.807) is 0 Å². The van der Waals surface area contributed by atoms with Crippen molar-refractivity contribution in [2.45, 2.75) is 20.1 Å². The van der Waals surface area contributed by atoms with Crippen LogP contribution < -0.4 is 4.74 Å². The zero-order valence-corrected chi connectivity index (χ0v) is 10.7. The molecule has 0 saturated heterocycles. The average Bonchev–Trinajstić information content (AvgIpc) is 2.84. The molecule has 1 aromatic carbocycles. The fourth-order valence-corrected chi connectivity index (χ4v) is 2.08. The van der Waals surface area contributed by atoms with Crippen molar-refractivity contribution in [1.29, 1.82) is 0 Å². The Morgan fingerprint density at radius 2 is 2.17 bits per heavy atom. The molecule has 1 heterocycles. The molecule has 1 aromatic heterocycles. The average molecular weight is 260 g/mol. The highest BCUT2D eigenvalue weighted by atomic mass is 32.1. The summed E-state index contributed by atoms with van der Waals surface area (Å²) in [5.41, 5.74) is 1.97. The maximum absolute atomic E-state index is 9.98. The number of benzene rings is 1. The number of nitrogens with zero attached hydrogens (tertiary/aromatic N) is 2. The minimum absolute atomic E-state index is 0.282. The SMILES string of the molecule is Cc1ccc(OCc2nc(CN=C=O)cs2)cc1. The minimum Gasteiger partial charge on any atom is -0.486 e. The van der Waals surface area contributed by atoms with Crippen LogP contribution in [-0.2, 0) is 17.9 Å². The van der Waals surface area contributed by atoms with Crippen molar-refractivity contribution >= 4 is 17.4 Å². The number of isocyanates is 1. The summed E-state index contributed by atoms with van der Waals surface area (Å²) in [7, 11) is 0. The summed E-state index contributed by atoms with van der Waals surface area (Å²) in [5, 5.41) is 2.74. The first-order chi connectivity index (χ1) is 8.78. The Labute approximate surface area is 109 Å². The summed E-state index contributed by atoms with van der Waals surface area (Å²) in [4.78, 5) is 17.8. The van der Waals surface area contributed by atoms with Crippen LogP contribution in [0.4, 0.5) is 0 Å². The van der Waals surface area contributed by atoms with Gasteiger partial charge in [-0.05, 0) is 19.1 Å². The van der Waals surface area contributed by atoms with Crippen molar-refractivity contribution in [2.24, 2.45) is 4.99 Å². The number of aromatic nitrogens is 1. The molecule has 0 unspecified atom stereocenters. The summed E-state index contributed by atoms with van der Waals surface area (Å²) in [6.45, 7) is 2.74. The van der Waals surface area contributed by atoms with E-state index in [9.17, 15) is 4.79 Å². The van der Waals surface area contributed by atoms with Gasteiger partial charge in [-0.25, -0.2) is 9.78 Å². The quantitative estimate of drug-likeness (QED) is 0.613. The number of hydrogen-bond acceptors (Lipinski definition) is 5. The van der Waals surface area contributed by atoms with Gasteiger partial charge in [0.1, 0.15) is 17.4 Å². The Bertz CT molecular complexity index is 557. The lowest BCUT2D eigenvalue weighted by Crippen LogP contribution is -1.95. The predicted molar refractivity (Wildman–Crippen MR) is 69.5 cm³/mol. The molecule has 18 heavy (non-hydrogen) atoms. The second-order valence-electron chi connectivity index (χ2n) is 3.74. The van der Waals surface area contributed by atoms with Crippen LogP contribution in [0.15, 0.2) is 34.6 Å². The van der Waals surface area contributed by atoms with Crippen LogP contribution in [0.2, 0.25) is 0 Å². The minimum atomic E-state index is 0.282. The highest BCUT2D eigenvalue weighted by Crippen LogP contribution is 2.16. The Kier molecular flexibility index (Phi) is 4.23.